The SMILES string of the molecule is CC(C)(C)OC(=O)Nc1ccc(F)c(CC(=O)C(F)(F)F)c1. The van der Waals surface area contributed by atoms with E-state index in [0.717, 1.165) is 18.2 Å². The van der Waals surface area contributed by atoms with E-state index in [1.54, 1.807) is 20.8 Å². The minimum atomic E-state index is -5.04. The first-order chi connectivity index (χ1) is 9.88. The van der Waals surface area contributed by atoms with Gasteiger partial charge in [0.1, 0.15) is 11.4 Å². The number of carbonyl (C=O) groups excluding carboxylic acids is 2. The van der Waals surface area contributed by atoms with Crippen LogP contribution in [-0.2, 0) is 16.0 Å². The molecule has 0 aliphatic heterocycles. The molecule has 1 N–H and O–H groups in total. The summed E-state index contributed by atoms with van der Waals surface area (Å²) in [7, 11) is 0. The number of hydrogen-bond acceptors (Lipinski definition) is 3. The molecule has 0 saturated carbocycles. The summed E-state index contributed by atoms with van der Waals surface area (Å²) in [5.74, 6) is -3.03. The molecule has 0 aliphatic carbocycles. The predicted octanol–water partition coefficient (Wildman–Crippen LogP) is 3.85. The third-order valence-corrected chi connectivity index (χ3v) is 2.36. The fourth-order valence-electron chi connectivity index (χ4n) is 1.48. The second kappa shape index (κ2) is 6.33. The summed E-state index contributed by atoms with van der Waals surface area (Å²) >= 11 is 0. The molecule has 0 saturated heterocycles. The second-order valence-electron chi connectivity index (χ2n) is 5.53. The van der Waals surface area contributed by atoms with Crippen molar-refractivity contribution in [1.29, 1.82) is 0 Å². The van der Waals surface area contributed by atoms with Crippen molar-refractivity contribution in [1.82, 2.24) is 0 Å². The number of alkyl halides is 3. The molecule has 122 valence electrons. The number of anilines is 1. The van der Waals surface area contributed by atoms with E-state index in [2.05, 4.69) is 5.32 Å². The first-order valence-corrected chi connectivity index (χ1v) is 6.27. The highest BCUT2D eigenvalue weighted by atomic mass is 19.4. The van der Waals surface area contributed by atoms with E-state index in [1.165, 1.54) is 0 Å². The van der Waals surface area contributed by atoms with Crippen molar-refractivity contribution < 1.29 is 31.9 Å². The first-order valence-electron chi connectivity index (χ1n) is 6.27. The number of ketones is 1. The summed E-state index contributed by atoms with van der Waals surface area (Å²) in [6, 6.07) is 2.98. The predicted molar refractivity (Wildman–Crippen MR) is 71.0 cm³/mol. The molecule has 8 heteroatoms. The summed E-state index contributed by atoms with van der Waals surface area (Å²) in [6.07, 6.45) is -7.02. The van der Waals surface area contributed by atoms with Crippen LogP contribution in [0, 0.1) is 5.82 Å². The van der Waals surface area contributed by atoms with Gasteiger partial charge in [-0.05, 0) is 44.5 Å². The van der Waals surface area contributed by atoms with Crippen molar-refractivity contribution in [2.75, 3.05) is 5.32 Å². The van der Waals surface area contributed by atoms with Crippen molar-refractivity contribution in [2.45, 2.75) is 39.0 Å². The number of Topliss-reactive ketones (excluding diaryl/α,β-unsaturated/α-hetero) is 1. The zero-order chi connectivity index (χ0) is 17.1. The van der Waals surface area contributed by atoms with Crippen LogP contribution in [-0.4, -0.2) is 23.7 Å². The van der Waals surface area contributed by atoms with Gasteiger partial charge in [0.15, 0.2) is 0 Å². The van der Waals surface area contributed by atoms with Gasteiger partial charge in [-0.2, -0.15) is 13.2 Å². The van der Waals surface area contributed by atoms with Gasteiger partial charge in [0, 0.05) is 12.1 Å². The maximum Gasteiger partial charge on any atom is 0.450 e. The fourth-order valence-corrected chi connectivity index (χ4v) is 1.48. The van der Waals surface area contributed by atoms with Crippen LogP contribution in [0.4, 0.5) is 28.0 Å². The van der Waals surface area contributed by atoms with Gasteiger partial charge in [-0.1, -0.05) is 0 Å². The van der Waals surface area contributed by atoms with E-state index in [1.807, 2.05) is 0 Å². The quantitative estimate of drug-likeness (QED) is 0.861. The number of rotatable bonds is 3. The molecule has 0 aliphatic rings. The van der Waals surface area contributed by atoms with Gasteiger partial charge in [0.2, 0.25) is 5.78 Å². The molecule has 1 aromatic rings. The lowest BCUT2D eigenvalue weighted by Gasteiger charge is -2.19. The third kappa shape index (κ3) is 5.71. The van der Waals surface area contributed by atoms with E-state index < -0.39 is 41.5 Å². The van der Waals surface area contributed by atoms with Crippen molar-refractivity contribution in [3.8, 4) is 0 Å². The molecular formula is C14H15F4NO3. The highest BCUT2D eigenvalue weighted by Gasteiger charge is 2.38. The van der Waals surface area contributed by atoms with Crippen molar-refractivity contribution in [3.63, 3.8) is 0 Å². The Kier molecular flexibility index (Phi) is 5.16. The highest BCUT2D eigenvalue weighted by Crippen LogP contribution is 2.22. The topological polar surface area (TPSA) is 55.4 Å². The number of nitrogens with one attached hydrogen (secondary N) is 1. The largest absolute Gasteiger partial charge is 0.450 e. The number of ether oxygens (including phenoxy) is 1. The smallest absolute Gasteiger partial charge is 0.444 e. The second-order valence-corrected chi connectivity index (χ2v) is 5.53. The number of amides is 1. The average Bonchev–Trinajstić information content (AvgIpc) is 2.29. The first kappa shape index (κ1) is 17.9. The van der Waals surface area contributed by atoms with Crippen LogP contribution in [0.2, 0.25) is 0 Å². The highest BCUT2D eigenvalue weighted by molar-refractivity contribution is 5.87. The molecule has 0 atom stereocenters. The molecule has 0 radical (unpaired) electrons. The number of hydrogen-bond donors (Lipinski definition) is 1. The fraction of sp³-hybridized carbons (Fsp3) is 0.429. The number of carbonyl (C=O) groups is 2. The van der Waals surface area contributed by atoms with Gasteiger partial charge in [-0.15, -0.1) is 0 Å². The van der Waals surface area contributed by atoms with Gasteiger partial charge in [0.25, 0.3) is 0 Å². The summed E-state index contributed by atoms with van der Waals surface area (Å²) in [4.78, 5) is 22.4. The lowest BCUT2D eigenvalue weighted by Crippen LogP contribution is -2.27. The van der Waals surface area contributed by atoms with E-state index in [4.69, 9.17) is 4.74 Å². The molecule has 0 unspecified atom stereocenters. The van der Waals surface area contributed by atoms with E-state index in [0.29, 0.717) is 0 Å². The molecule has 1 rings (SSSR count). The Hall–Kier alpha value is -2.12. The Morgan fingerprint density at radius 2 is 1.77 bits per heavy atom. The van der Waals surface area contributed by atoms with Gasteiger partial charge < -0.3 is 4.74 Å². The van der Waals surface area contributed by atoms with Crippen LogP contribution >= 0.6 is 0 Å². The van der Waals surface area contributed by atoms with Crippen LogP contribution in [0.5, 0.6) is 0 Å². The lowest BCUT2D eigenvalue weighted by atomic mass is 10.1. The summed E-state index contributed by atoms with van der Waals surface area (Å²) < 4.78 is 55.0. The molecule has 0 bridgehead atoms. The molecule has 22 heavy (non-hydrogen) atoms. The van der Waals surface area contributed by atoms with Gasteiger partial charge >= 0.3 is 12.3 Å². The Labute approximate surface area is 124 Å². The van der Waals surface area contributed by atoms with Crippen molar-refractivity contribution >= 4 is 17.6 Å². The molecule has 1 amide bonds. The van der Waals surface area contributed by atoms with E-state index in [-0.39, 0.29) is 5.69 Å². The Morgan fingerprint density at radius 3 is 2.27 bits per heavy atom. The van der Waals surface area contributed by atoms with Gasteiger partial charge in [-0.3, -0.25) is 10.1 Å². The molecule has 4 nitrogen and oxygen atoms in total. The summed E-state index contributed by atoms with van der Waals surface area (Å²) in [5.41, 5.74) is -1.20. The monoisotopic (exact) mass is 321 g/mol. The van der Waals surface area contributed by atoms with Crippen LogP contribution in [0.1, 0.15) is 26.3 Å². The molecule has 1 aromatic carbocycles. The zero-order valence-electron chi connectivity index (χ0n) is 12.2. The third-order valence-electron chi connectivity index (χ3n) is 2.36. The van der Waals surface area contributed by atoms with Crippen LogP contribution in [0.25, 0.3) is 0 Å². The van der Waals surface area contributed by atoms with Gasteiger partial charge in [-0.25, -0.2) is 9.18 Å². The van der Waals surface area contributed by atoms with E-state index >= 15 is 0 Å². The Morgan fingerprint density at radius 1 is 1.18 bits per heavy atom. The molecule has 0 spiro atoms. The van der Waals surface area contributed by atoms with Crippen LogP contribution < -0.4 is 5.32 Å². The number of halogens is 4. The minimum absolute atomic E-state index is 0.0284. The maximum absolute atomic E-state index is 13.5. The van der Waals surface area contributed by atoms with Crippen molar-refractivity contribution in [3.05, 3.63) is 29.6 Å². The molecule has 0 fully saturated rings. The number of benzene rings is 1. The molecule has 0 heterocycles. The average molecular weight is 321 g/mol. The van der Waals surface area contributed by atoms with Crippen molar-refractivity contribution in [2.24, 2.45) is 0 Å². The minimum Gasteiger partial charge on any atom is -0.444 e. The standard InChI is InChI=1S/C14H15F4NO3/c1-13(2,3)22-12(21)19-9-4-5-10(15)8(6-9)7-11(20)14(16,17)18/h4-6H,7H2,1-3H3,(H,19,21). The zero-order valence-corrected chi connectivity index (χ0v) is 12.2. The Bertz CT molecular complexity index is 576. The molecular weight excluding hydrogens is 306 g/mol. The Balaban J connectivity index is 2.86. The maximum atomic E-state index is 13.5. The van der Waals surface area contributed by atoms with Crippen LogP contribution in [0.3, 0.4) is 0 Å². The summed E-state index contributed by atoms with van der Waals surface area (Å²) in [5, 5.41) is 2.26. The normalized spacial score (nSPS) is 12.0. The van der Waals surface area contributed by atoms with Gasteiger partial charge in [0.05, 0.1) is 0 Å². The van der Waals surface area contributed by atoms with Crippen LogP contribution in [0.15, 0.2) is 18.2 Å². The molecule has 0 aromatic heterocycles. The summed E-state index contributed by atoms with van der Waals surface area (Å²) in [6.45, 7) is 4.89. The lowest BCUT2D eigenvalue weighted by molar-refractivity contribution is -0.170. The van der Waals surface area contributed by atoms with E-state index in [9.17, 15) is 27.2 Å².